The van der Waals surface area contributed by atoms with Gasteiger partial charge in [0.25, 0.3) is 5.56 Å². The van der Waals surface area contributed by atoms with Crippen LogP contribution in [-0.2, 0) is 6.42 Å². The van der Waals surface area contributed by atoms with Crippen molar-refractivity contribution in [1.29, 1.82) is 0 Å². The van der Waals surface area contributed by atoms with Crippen molar-refractivity contribution in [3.63, 3.8) is 0 Å². The quantitative estimate of drug-likeness (QED) is 0.355. The van der Waals surface area contributed by atoms with Gasteiger partial charge in [0.05, 0.1) is 21.3 Å². The van der Waals surface area contributed by atoms with E-state index in [1.165, 1.54) is 22.5 Å². The highest BCUT2D eigenvalue weighted by Gasteiger charge is 2.33. The van der Waals surface area contributed by atoms with E-state index in [0.717, 1.165) is 33.5 Å². The fourth-order valence-corrected chi connectivity index (χ4v) is 7.23. The number of aryl methyl sites for hydroxylation is 1. The van der Waals surface area contributed by atoms with E-state index in [-0.39, 0.29) is 22.4 Å². The van der Waals surface area contributed by atoms with Crippen LogP contribution in [0.3, 0.4) is 0 Å². The molecule has 8 heteroatoms. The maximum absolute atomic E-state index is 13.7. The Hall–Kier alpha value is -2.45. The minimum Gasteiger partial charge on any atom is -0.506 e. The predicted octanol–water partition coefficient (Wildman–Crippen LogP) is 5.50. The maximum Gasteiger partial charge on any atom is 0.271 e. The van der Waals surface area contributed by atoms with E-state index in [1.807, 2.05) is 22.1 Å². The molecule has 1 N–H and O–H groups in total. The zero-order valence-corrected chi connectivity index (χ0v) is 21.1. The number of thiazole rings is 1. The number of phenolic OH excluding ortho intramolecular Hbond substituents is 1. The van der Waals surface area contributed by atoms with Crippen LogP contribution in [0.15, 0.2) is 73.7 Å². The van der Waals surface area contributed by atoms with Gasteiger partial charge < -0.3 is 5.11 Å². The molecule has 0 saturated heterocycles. The number of fused-ring (bicyclic) bond motifs is 3. The highest BCUT2D eigenvalue weighted by molar-refractivity contribution is 9.10. The molecular weight excluding hydrogens is 540 g/mol. The number of allylic oxidation sites excluding steroid dienone is 1. The van der Waals surface area contributed by atoms with E-state index in [0.29, 0.717) is 14.9 Å². The van der Waals surface area contributed by atoms with Gasteiger partial charge in [0.1, 0.15) is 5.75 Å². The van der Waals surface area contributed by atoms with Crippen LogP contribution in [0.1, 0.15) is 34.0 Å². The van der Waals surface area contributed by atoms with Crippen molar-refractivity contribution in [2.75, 3.05) is 0 Å². The fraction of sp³-hybridized carbons (Fsp3) is 0.120. The minimum atomic E-state index is -0.175. The fourth-order valence-electron chi connectivity index (χ4n) is 4.56. The molecule has 164 valence electrons. The van der Waals surface area contributed by atoms with Gasteiger partial charge in [-0.3, -0.25) is 9.36 Å². The summed E-state index contributed by atoms with van der Waals surface area (Å²) in [5, 5.41) is 12.7. The number of aromatic nitrogens is 1. The Morgan fingerprint density at radius 3 is 2.85 bits per heavy atom. The average Bonchev–Trinajstić information content (AvgIpc) is 3.44. The SMILES string of the molecule is O=c1c(=Cc2cc(Br)cc(Cl)c2O)sc2n1C(c1cccs1)C1=C(N=2)c2ccccc2CC1. The lowest BCUT2D eigenvalue weighted by molar-refractivity contribution is 0.474. The van der Waals surface area contributed by atoms with Crippen molar-refractivity contribution in [3.05, 3.63) is 110 Å². The van der Waals surface area contributed by atoms with Crippen molar-refractivity contribution in [2.24, 2.45) is 4.99 Å². The van der Waals surface area contributed by atoms with E-state index in [2.05, 4.69) is 40.2 Å². The summed E-state index contributed by atoms with van der Waals surface area (Å²) >= 11 is 12.5. The predicted molar refractivity (Wildman–Crippen MR) is 138 cm³/mol. The molecule has 2 aromatic heterocycles. The third-order valence-corrected chi connectivity index (χ3v) is 8.68. The summed E-state index contributed by atoms with van der Waals surface area (Å²) in [5.41, 5.74) is 4.98. The molecule has 4 aromatic rings. The van der Waals surface area contributed by atoms with Crippen LogP contribution in [0.2, 0.25) is 5.02 Å². The summed E-state index contributed by atoms with van der Waals surface area (Å²) in [4.78, 5) is 20.5. The van der Waals surface area contributed by atoms with E-state index in [1.54, 1.807) is 29.5 Å². The summed E-state index contributed by atoms with van der Waals surface area (Å²) in [6, 6.07) is 15.7. The molecule has 4 nitrogen and oxygen atoms in total. The lowest BCUT2D eigenvalue weighted by Gasteiger charge is -2.30. The lowest BCUT2D eigenvalue weighted by Crippen LogP contribution is -2.38. The molecule has 1 unspecified atom stereocenters. The number of benzene rings is 2. The molecule has 33 heavy (non-hydrogen) atoms. The second-order valence-corrected chi connectivity index (χ2v) is 11.3. The zero-order valence-electron chi connectivity index (χ0n) is 17.1. The van der Waals surface area contributed by atoms with Crippen LogP contribution >= 0.6 is 50.2 Å². The first kappa shape index (κ1) is 21.1. The number of nitrogens with zero attached hydrogens (tertiary/aromatic N) is 2. The van der Waals surface area contributed by atoms with Crippen LogP contribution in [0.25, 0.3) is 11.8 Å². The number of hydrogen-bond donors (Lipinski definition) is 1. The Morgan fingerprint density at radius 1 is 1.18 bits per heavy atom. The van der Waals surface area contributed by atoms with Gasteiger partial charge in [0.15, 0.2) is 4.80 Å². The summed E-state index contributed by atoms with van der Waals surface area (Å²) in [5.74, 6) is -0.0475. The molecule has 1 aliphatic heterocycles. The van der Waals surface area contributed by atoms with Crippen LogP contribution in [0.4, 0.5) is 0 Å². The average molecular weight is 556 g/mol. The number of aromatic hydroxyl groups is 1. The summed E-state index contributed by atoms with van der Waals surface area (Å²) in [6.45, 7) is 0. The van der Waals surface area contributed by atoms with Crippen LogP contribution in [-0.4, -0.2) is 9.67 Å². The van der Waals surface area contributed by atoms with Gasteiger partial charge in [-0.15, -0.1) is 11.3 Å². The highest BCUT2D eigenvalue weighted by Crippen LogP contribution is 2.42. The zero-order chi connectivity index (χ0) is 22.7. The van der Waals surface area contributed by atoms with Gasteiger partial charge in [0.2, 0.25) is 0 Å². The number of rotatable bonds is 2. The first-order chi connectivity index (χ1) is 16.0. The summed E-state index contributed by atoms with van der Waals surface area (Å²) in [6.07, 6.45) is 3.49. The van der Waals surface area contributed by atoms with E-state index in [9.17, 15) is 9.90 Å². The molecule has 0 radical (unpaired) electrons. The monoisotopic (exact) mass is 554 g/mol. The molecule has 0 saturated carbocycles. The molecule has 1 aliphatic carbocycles. The lowest BCUT2D eigenvalue weighted by atomic mass is 9.85. The molecule has 0 spiro atoms. The van der Waals surface area contributed by atoms with Crippen molar-refractivity contribution >= 4 is 62.0 Å². The molecule has 3 heterocycles. The van der Waals surface area contributed by atoms with Gasteiger partial charge in [-0.05, 0) is 53.6 Å². The van der Waals surface area contributed by atoms with Gasteiger partial charge in [-0.1, -0.05) is 69.2 Å². The van der Waals surface area contributed by atoms with Gasteiger partial charge >= 0.3 is 0 Å². The molecule has 2 aliphatic rings. The molecule has 0 amide bonds. The molecule has 1 atom stereocenters. The van der Waals surface area contributed by atoms with Crippen molar-refractivity contribution in [2.45, 2.75) is 18.9 Å². The van der Waals surface area contributed by atoms with E-state index in [4.69, 9.17) is 16.6 Å². The number of halogens is 2. The van der Waals surface area contributed by atoms with Gasteiger partial charge in [0, 0.05) is 20.5 Å². The largest absolute Gasteiger partial charge is 0.506 e. The van der Waals surface area contributed by atoms with E-state index < -0.39 is 0 Å². The summed E-state index contributed by atoms with van der Waals surface area (Å²) in [7, 11) is 0. The first-order valence-corrected chi connectivity index (χ1v) is 13.2. The smallest absolute Gasteiger partial charge is 0.271 e. The van der Waals surface area contributed by atoms with Gasteiger partial charge in [-0.2, -0.15) is 0 Å². The molecule has 0 bridgehead atoms. The first-order valence-electron chi connectivity index (χ1n) is 10.4. The van der Waals surface area contributed by atoms with Crippen molar-refractivity contribution < 1.29 is 5.11 Å². The third kappa shape index (κ3) is 3.46. The van der Waals surface area contributed by atoms with E-state index >= 15 is 0 Å². The standard InChI is InChI=1S/C25H16BrClN2O2S2/c26-15-10-14(23(30)18(27)12-15)11-20-24(31)29-22(19-6-3-9-32-19)17-8-7-13-4-1-2-5-16(13)21(17)28-25(29)33-20/h1-6,9-12,22,30H,7-8H2. The molecule has 6 rings (SSSR count). The Kier molecular flexibility index (Phi) is 5.18. The van der Waals surface area contributed by atoms with Gasteiger partial charge in [-0.25, -0.2) is 4.99 Å². The topological polar surface area (TPSA) is 54.6 Å². The molecule has 2 aromatic carbocycles. The highest BCUT2D eigenvalue weighted by atomic mass is 79.9. The number of thiophene rings is 1. The number of hydrogen-bond acceptors (Lipinski definition) is 5. The minimum absolute atomic E-state index is 0.0475. The third-order valence-electron chi connectivity index (χ3n) is 6.03. The van der Waals surface area contributed by atoms with Crippen LogP contribution in [0, 0.1) is 0 Å². The summed E-state index contributed by atoms with van der Waals surface area (Å²) < 4.78 is 3.05. The normalized spacial score (nSPS) is 17.4. The van der Waals surface area contributed by atoms with Crippen molar-refractivity contribution in [3.8, 4) is 5.75 Å². The molecular formula is C25H16BrClN2O2S2. The Balaban J connectivity index is 1.63. The Bertz CT molecular complexity index is 1630. The Labute approximate surface area is 210 Å². The van der Waals surface area contributed by atoms with Crippen molar-refractivity contribution in [1.82, 2.24) is 4.57 Å². The number of phenols is 1. The second-order valence-electron chi connectivity index (χ2n) is 7.95. The Morgan fingerprint density at radius 2 is 2.03 bits per heavy atom. The second kappa shape index (κ2) is 8.09. The van der Waals surface area contributed by atoms with Crippen LogP contribution < -0.4 is 14.9 Å². The van der Waals surface area contributed by atoms with Crippen LogP contribution in [0.5, 0.6) is 5.75 Å². The maximum atomic E-state index is 13.7. The molecule has 0 fully saturated rings.